The predicted octanol–water partition coefficient (Wildman–Crippen LogP) is 0.991. The minimum absolute atomic E-state index is 0.0206. The molecule has 0 aliphatic carbocycles. The molecule has 1 amide bonds. The highest BCUT2D eigenvalue weighted by Crippen LogP contribution is 2.17. The second-order valence-electron chi connectivity index (χ2n) is 4.83. The summed E-state index contributed by atoms with van der Waals surface area (Å²) in [7, 11) is 0. The smallest absolute Gasteiger partial charge is 0.273 e. The van der Waals surface area contributed by atoms with E-state index in [0.717, 1.165) is 0 Å². The van der Waals surface area contributed by atoms with Crippen LogP contribution < -0.4 is 11.1 Å². The van der Waals surface area contributed by atoms with E-state index in [1.807, 2.05) is 0 Å². The normalized spacial score (nSPS) is 11.1. The fourth-order valence-corrected chi connectivity index (χ4v) is 1.40. The van der Waals surface area contributed by atoms with Crippen LogP contribution in [0.4, 0.5) is 5.69 Å². The molecular weight excluding hydrogens is 234 g/mol. The van der Waals surface area contributed by atoms with Crippen molar-refractivity contribution in [2.75, 3.05) is 6.54 Å². The molecule has 0 aliphatic heterocycles. The van der Waals surface area contributed by atoms with E-state index >= 15 is 0 Å². The Labute approximate surface area is 105 Å². The van der Waals surface area contributed by atoms with Gasteiger partial charge in [0.15, 0.2) is 0 Å². The van der Waals surface area contributed by atoms with E-state index < -0.39 is 10.5 Å². The molecule has 98 valence electrons. The lowest BCUT2D eigenvalue weighted by molar-refractivity contribution is -0.385. The maximum absolute atomic E-state index is 11.6. The molecular formula is C12H17N3O3. The number of carbonyl (C=O) groups excluding carboxylic acids is 1. The number of amides is 1. The molecule has 0 saturated carbocycles. The summed E-state index contributed by atoms with van der Waals surface area (Å²) in [5.74, 6) is -0.275. The number of benzene rings is 1. The first-order chi connectivity index (χ1) is 8.29. The third-order valence-corrected chi connectivity index (χ3v) is 2.28. The van der Waals surface area contributed by atoms with Crippen LogP contribution in [0.25, 0.3) is 0 Å². The first-order valence-electron chi connectivity index (χ1n) is 5.57. The highest BCUT2D eigenvalue weighted by atomic mass is 16.6. The van der Waals surface area contributed by atoms with E-state index in [2.05, 4.69) is 5.32 Å². The van der Waals surface area contributed by atoms with Gasteiger partial charge in [0.1, 0.15) is 0 Å². The maximum atomic E-state index is 11.6. The Kier molecular flexibility index (Phi) is 4.38. The molecule has 0 spiro atoms. The van der Waals surface area contributed by atoms with Crippen LogP contribution in [0, 0.1) is 10.1 Å². The number of nitrogens with zero attached hydrogens (tertiary/aromatic N) is 1. The zero-order valence-electron chi connectivity index (χ0n) is 10.5. The number of hydrogen-bond donors (Lipinski definition) is 2. The number of nitrogens with one attached hydrogen (secondary N) is 1. The summed E-state index contributed by atoms with van der Waals surface area (Å²) in [4.78, 5) is 21.9. The van der Waals surface area contributed by atoms with E-state index in [0.29, 0.717) is 12.1 Å². The molecule has 0 heterocycles. The molecule has 1 aromatic rings. The van der Waals surface area contributed by atoms with Gasteiger partial charge in [0.05, 0.1) is 11.3 Å². The van der Waals surface area contributed by atoms with Crippen molar-refractivity contribution in [2.45, 2.75) is 25.8 Å². The fourth-order valence-electron chi connectivity index (χ4n) is 1.40. The number of nitro groups is 1. The van der Waals surface area contributed by atoms with Gasteiger partial charge in [-0.1, -0.05) is 18.2 Å². The number of para-hydroxylation sites is 1. The second-order valence-corrected chi connectivity index (χ2v) is 4.83. The maximum Gasteiger partial charge on any atom is 0.273 e. The van der Waals surface area contributed by atoms with Crippen molar-refractivity contribution in [3.05, 3.63) is 39.9 Å². The van der Waals surface area contributed by atoms with Crippen molar-refractivity contribution >= 4 is 11.6 Å². The van der Waals surface area contributed by atoms with Crippen LogP contribution in [-0.2, 0) is 11.2 Å². The molecule has 6 heteroatoms. The lowest BCUT2D eigenvalue weighted by Gasteiger charge is -2.18. The highest BCUT2D eigenvalue weighted by molar-refractivity contribution is 5.79. The zero-order chi connectivity index (χ0) is 13.8. The van der Waals surface area contributed by atoms with Gasteiger partial charge in [-0.2, -0.15) is 0 Å². The molecule has 18 heavy (non-hydrogen) atoms. The summed E-state index contributed by atoms with van der Waals surface area (Å²) >= 11 is 0. The molecule has 0 unspecified atom stereocenters. The van der Waals surface area contributed by atoms with Gasteiger partial charge in [-0.05, 0) is 13.8 Å². The van der Waals surface area contributed by atoms with Crippen molar-refractivity contribution in [3.63, 3.8) is 0 Å². The Morgan fingerprint density at radius 1 is 1.44 bits per heavy atom. The fraction of sp³-hybridized carbons (Fsp3) is 0.417. The molecule has 0 saturated heterocycles. The minimum Gasteiger partial charge on any atom is -0.354 e. The number of nitrogens with two attached hydrogens (primary N) is 1. The molecule has 0 aromatic heterocycles. The summed E-state index contributed by atoms with van der Waals surface area (Å²) < 4.78 is 0. The van der Waals surface area contributed by atoms with Crippen LogP contribution in [-0.4, -0.2) is 22.9 Å². The first kappa shape index (κ1) is 14.1. The lowest BCUT2D eigenvalue weighted by Crippen LogP contribution is -2.45. The summed E-state index contributed by atoms with van der Waals surface area (Å²) in [6.45, 7) is 3.91. The van der Waals surface area contributed by atoms with Gasteiger partial charge in [0, 0.05) is 23.7 Å². The lowest BCUT2D eigenvalue weighted by atomic mass is 10.1. The van der Waals surface area contributed by atoms with Crippen LogP contribution in [0.15, 0.2) is 24.3 Å². The van der Waals surface area contributed by atoms with Crippen molar-refractivity contribution in [1.29, 1.82) is 0 Å². The second kappa shape index (κ2) is 5.59. The van der Waals surface area contributed by atoms with Crippen LogP contribution in [0.3, 0.4) is 0 Å². The van der Waals surface area contributed by atoms with Gasteiger partial charge in [-0.15, -0.1) is 0 Å². The summed E-state index contributed by atoms with van der Waals surface area (Å²) in [5.41, 5.74) is 5.59. The summed E-state index contributed by atoms with van der Waals surface area (Å²) in [6.07, 6.45) is -0.0206. The number of hydrogen-bond acceptors (Lipinski definition) is 4. The Hall–Kier alpha value is -1.95. The van der Waals surface area contributed by atoms with Crippen molar-refractivity contribution < 1.29 is 9.72 Å². The van der Waals surface area contributed by atoms with E-state index in [-0.39, 0.29) is 18.0 Å². The van der Waals surface area contributed by atoms with Gasteiger partial charge in [0.2, 0.25) is 5.91 Å². The van der Waals surface area contributed by atoms with E-state index in [1.54, 1.807) is 32.0 Å². The molecule has 1 rings (SSSR count). The van der Waals surface area contributed by atoms with E-state index in [1.165, 1.54) is 6.07 Å². The first-order valence-corrected chi connectivity index (χ1v) is 5.57. The quantitative estimate of drug-likeness (QED) is 0.602. The number of nitro benzene ring substituents is 1. The van der Waals surface area contributed by atoms with Crippen molar-refractivity contribution in [3.8, 4) is 0 Å². The highest BCUT2D eigenvalue weighted by Gasteiger charge is 2.17. The van der Waals surface area contributed by atoms with E-state index in [4.69, 9.17) is 5.73 Å². The van der Waals surface area contributed by atoms with Crippen LogP contribution >= 0.6 is 0 Å². The third kappa shape index (κ3) is 4.50. The molecule has 3 N–H and O–H groups in total. The Morgan fingerprint density at radius 2 is 2.06 bits per heavy atom. The Morgan fingerprint density at radius 3 is 2.61 bits per heavy atom. The van der Waals surface area contributed by atoms with E-state index in [9.17, 15) is 14.9 Å². The third-order valence-electron chi connectivity index (χ3n) is 2.28. The summed E-state index contributed by atoms with van der Waals surface area (Å²) in [6, 6.07) is 6.20. The monoisotopic (exact) mass is 251 g/mol. The average Bonchev–Trinajstić information content (AvgIpc) is 2.26. The molecule has 6 nitrogen and oxygen atoms in total. The largest absolute Gasteiger partial charge is 0.354 e. The summed E-state index contributed by atoms with van der Waals surface area (Å²) in [5, 5.41) is 13.4. The van der Waals surface area contributed by atoms with Crippen molar-refractivity contribution in [1.82, 2.24) is 5.32 Å². The van der Waals surface area contributed by atoms with Gasteiger partial charge >= 0.3 is 0 Å². The van der Waals surface area contributed by atoms with Gasteiger partial charge in [0.25, 0.3) is 5.69 Å². The Balaban J connectivity index is 2.68. The SMILES string of the molecule is CC(C)(N)CNC(=O)Cc1ccccc1[N+](=O)[O-]. The topological polar surface area (TPSA) is 98.3 Å². The van der Waals surface area contributed by atoms with Crippen LogP contribution in [0.5, 0.6) is 0 Å². The minimum atomic E-state index is -0.502. The standard InChI is InChI=1S/C12H17N3O3/c1-12(2,13)8-14-11(16)7-9-5-3-4-6-10(9)15(17)18/h3-6H,7-8,13H2,1-2H3,(H,14,16). The van der Waals surface area contributed by atoms with Gasteiger partial charge in [-0.25, -0.2) is 0 Å². The van der Waals surface area contributed by atoms with Crippen molar-refractivity contribution in [2.24, 2.45) is 5.73 Å². The molecule has 0 atom stereocenters. The molecule has 0 aliphatic rings. The van der Waals surface area contributed by atoms with Crippen LogP contribution in [0.1, 0.15) is 19.4 Å². The van der Waals surface area contributed by atoms with Gasteiger partial charge in [-0.3, -0.25) is 14.9 Å². The molecule has 0 fully saturated rings. The molecule has 1 aromatic carbocycles. The predicted molar refractivity (Wildman–Crippen MR) is 68.1 cm³/mol. The Bertz CT molecular complexity index is 452. The molecule has 0 radical (unpaired) electrons. The van der Waals surface area contributed by atoms with Gasteiger partial charge < -0.3 is 11.1 Å². The average molecular weight is 251 g/mol. The number of rotatable bonds is 5. The zero-order valence-corrected chi connectivity index (χ0v) is 10.5. The molecule has 0 bridgehead atoms. The van der Waals surface area contributed by atoms with Crippen LogP contribution in [0.2, 0.25) is 0 Å². The number of carbonyl (C=O) groups is 1.